The third kappa shape index (κ3) is 3.82. The van der Waals surface area contributed by atoms with Crippen LogP contribution >= 0.6 is 0 Å². The maximum Gasteiger partial charge on any atom is 0.307 e. The fourth-order valence-electron chi connectivity index (χ4n) is 2.95. The van der Waals surface area contributed by atoms with Gasteiger partial charge in [-0.25, -0.2) is 0 Å². The second-order valence-corrected chi connectivity index (χ2v) is 6.09. The van der Waals surface area contributed by atoms with Gasteiger partial charge in [0, 0.05) is 18.3 Å². The molecule has 24 heavy (non-hydrogen) atoms. The molecule has 3 N–H and O–H groups in total. The molecule has 128 valence electrons. The molecule has 0 radical (unpaired) electrons. The number of aliphatic carboxylic acids is 1. The lowest BCUT2D eigenvalue weighted by molar-refractivity contribution is -0.146. The Hall–Kier alpha value is -2.63. The molecule has 1 aliphatic rings. The highest BCUT2D eigenvalue weighted by Gasteiger charge is 2.34. The van der Waals surface area contributed by atoms with Gasteiger partial charge < -0.3 is 15.7 Å². The zero-order valence-corrected chi connectivity index (χ0v) is 14.1. The Kier molecular flexibility index (Phi) is 5.39. The predicted octanol–water partition coefficient (Wildman–Crippen LogP) is 2.87. The molecule has 0 spiro atoms. The lowest BCUT2D eigenvalue weighted by Gasteiger charge is -2.25. The standard InChI is InChI=1S/C18H22N2O4/c1-10-8-9-15(11(2)16(10)19-12(3)21)20-17(22)13-6-4-5-7-14(13)18(23)24/h4-5,8-9,13-14H,6-7H2,1-3H3,(H,19,21)(H,20,22)(H,23,24)/t13-,14+/m0/s1. The van der Waals surface area contributed by atoms with Gasteiger partial charge in [-0.15, -0.1) is 0 Å². The first kappa shape index (κ1) is 17.7. The van der Waals surface area contributed by atoms with E-state index >= 15 is 0 Å². The number of allylic oxidation sites excluding steroid dienone is 2. The van der Waals surface area contributed by atoms with Gasteiger partial charge in [-0.1, -0.05) is 18.2 Å². The van der Waals surface area contributed by atoms with E-state index < -0.39 is 17.8 Å². The molecule has 0 heterocycles. The van der Waals surface area contributed by atoms with Gasteiger partial charge in [0.1, 0.15) is 0 Å². The van der Waals surface area contributed by atoms with E-state index in [0.29, 0.717) is 24.2 Å². The zero-order valence-electron chi connectivity index (χ0n) is 14.1. The molecular formula is C18H22N2O4. The van der Waals surface area contributed by atoms with Gasteiger partial charge in [0.25, 0.3) is 0 Å². The van der Waals surface area contributed by atoms with Crippen LogP contribution in [0.4, 0.5) is 11.4 Å². The Bertz CT molecular complexity index is 709. The number of anilines is 2. The van der Waals surface area contributed by atoms with Crippen LogP contribution in [0.1, 0.15) is 30.9 Å². The van der Waals surface area contributed by atoms with Gasteiger partial charge in [0.2, 0.25) is 11.8 Å². The first-order valence-electron chi connectivity index (χ1n) is 7.87. The van der Waals surface area contributed by atoms with Crippen molar-refractivity contribution in [1.29, 1.82) is 0 Å². The number of rotatable bonds is 4. The highest BCUT2D eigenvalue weighted by atomic mass is 16.4. The lowest BCUT2D eigenvalue weighted by atomic mass is 9.82. The van der Waals surface area contributed by atoms with E-state index in [1.165, 1.54) is 6.92 Å². The van der Waals surface area contributed by atoms with E-state index in [-0.39, 0.29) is 11.8 Å². The van der Waals surface area contributed by atoms with E-state index in [1.807, 2.05) is 26.0 Å². The molecule has 0 aliphatic heterocycles. The van der Waals surface area contributed by atoms with E-state index in [4.69, 9.17) is 0 Å². The topological polar surface area (TPSA) is 95.5 Å². The van der Waals surface area contributed by atoms with Crippen LogP contribution in [0.5, 0.6) is 0 Å². The van der Waals surface area contributed by atoms with Crippen molar-refractivity contribution in [3.05, 3.63) is 35.4 Å². The molecule has 2 rings (SSSR count). The highest BCUT2D eigenvalue weighted by molar-refractivity contribution is 5.98. The normalized spacial score (nSPS) is 19.6. The lowest BCUT2D eigenvalue weighted by Crippen LogP contribution is -2.34. The van der Waals surface area contributed by atoms with Crippen molar-refractivity contribution in [2.45, 2.75) is 33.6 Å². The number of carbonyl (C=O) groups is 3. The first-order valence-corrected chi connectivity index (χ1v) is 7.87. The number of carboxylic acid groups (broad SMARTS) is 1. The second-order valence-electron chi connectivity index (χ2n) is 6.09. The van der Waals surface area contributed by atoms with E-state index in [2.05, 4.69) is 10.6 Å². The van der Waals surface area contributed by atoms with Crippen molar-refractivity contribution >= 4 is 29.2 Å². The Morgan fingerprint density at radius 1 is 1.04 bits per heavy atom. The molecular weight excluding hydrogens is 308 g/mol. The number of nitrogens with one attached hydrogen (secondary N) is 2. The summed E-state index contributed by atoms with van der Waals surface area (Å²) in [5, 5.41) is 14.9. The van der Waals surface area contributed by atoms with Crippen LogP contribution in [0.2, 0.25) is 0 Å². The fourth-order valence-corrected chi connectivity index (χ4v) is 2.95. The molecule has 0 fully saturated rings. The smallest absolute Gasteiger partial charge is 0.307 e. The summed E-state index contributed by atoms with van der Waals surface area (Å²) in [6.07, 6.45) is 4.41. The Balaban J connectivity index is 2.24. The molecule has 6 nitrogen and oxygen atoms in total. The fraction of sp³-hybridized carbons (Fsp3) is 0.389. The minimum absolute atomic E-state index is 0.187. The van der Waals surface area contributed by atoms with E-state index in [0.717, 1.165) is 11.1 Å². The minimum atomic E-state index is -0.959. The molecule has 0 aromatic heterocycles. The van der Waals surface area contributed by atoms with Crippen molar-refractivity contribution in [2.24, 2.45) is 11.8 Å². The molecule has 2 amide bonds. The maximum atomic E-state index is 12.6. The number of hydrogen-bond acceptors (Lipinski definition) is 3. The number of carbonyl (C=O) groups excluding carboxylic acids is 2. The Labute approximate surface area is 140 Å². The van der Waals surface area contributed by atoms with Crippen LogP contribution < -0.4 is 10.6 Å². The summed E-state index contributed by atoms with van der Waals surface area (Å²) >= 11 is 0. The van der Waals surface area contributed by atoms with Crippen molar-refractivity contribution in [3.63, 3.8) is 0 Å². The van der Waals surface area contributed by atoms with Crippen molar-refractivity contribution in [2.75, 3.05) is 10.6 Å². The molecule has 6 heteroatoms. The van der Waals surface area contributed by atoms with Gasteiger partial charge in [-0.2, -0.15) is 0 Å². The molecule has 1 aromatic rings. The van der Waals surface area contributed by atoms with E-state index in [1.54, 1.807) is 12.1 Å². The summed E-state index contributed by atoms with van der Waals surface area (Å²) < 4.78 is 0. The van der Waals surface area contributed by atoms with Crippen LogP contribution in [0, 0.1) is 25.7 Å². The molecule has 1 aliphatic carbocycles. The zero-order chi connectivity index (χ0) is 17.9. The van der Waals surface area contributed by atoms with Gasteiger partial charge >= 0.3 is 5.97 Å². The molecule has 1 aromatic carbocycles. The molecule has 0 unspecified atom stereocenters. The van der Waals surface area contributed by atoms with Gasteiger partial charge in [-0.3, -0.25) is 14.4 Å². The predicted molar refractivity (Wildman–Crippen MR) is 91.8 cm³/mol. The summed E-state index contributed by atoms with van der Waals surface area (Å²) in [7, 11) is 0. The van der Waals surface area contributed by atoms with Crippen LogP contribution in [0.15, 0.2) is 24.3 Å². The summed E-state index contributed by atoms with van der Waals surface area (Å²) in [6.45, 7) is 5.11. The quantitative estimate of drug-likeness (QED) is 0.740. The Morgan fingerprint density at radius 3 is 2.25 bits per heavy atom. The largest absolute Gasteiger partial charge is 0.481 e. The van der Waals surface area contributed by atoms with Gasteiger partial charge in [-0.05, 0) is 43.9 Å². The summed E-state index contributed by atoms with van der Waals surface area (Å²) in [5.74, 6) is -2.77. The molecule has 0 saturated heterocycles. The number of carboxylic acids is 1. The summed E-state index contributed by atoms with van der Waals surface area (Å²) in [6, 6.07) is 3.58. The van der Waals surface area contributed by atoms with Crippen LogP contribution in [-0.4, -0.2) is 22.9 Å². The van der Waals surface area contributed by atoms with Gasteiger partial charge in [0.05, 0.1) is 11.8 Å². The van der Waals surface area contributed by atoms with Crippen LogP contribution in [0.25, 0.3) is 0 Å². The molecule has 0 saturated carbocycles. The van der Waals surface area contributed by atoms with Gasteiger partial charge in [0.15, 0.2) is 0 Å². The van der Waals surface area contributed by atoms with Crippen molar-refractivity contribution in [3.8, 4) is 0 Å². The highest BCUT2D eigenvalue weighted by Crippen LogP contribution is 2.30. The number of benzene rings is 1. The first-order chi connectivity index (χ1) is 11.3. The SMILES string of the molecule is CC(=O)Nc1c(C)ccc(NC(=O)[C@H]2CC=CC[C@H]2C(=O)O)c1C. The monoisotopic (exact) mass is 330 g/mol. The minimum Gasteiger partial charge on any atom is -0.481 e. The average molecular weight is 330 g/mol. The van der Waals surface area contributed by atoms with Crippen LogP contribution in [-0.2, 0) is 14.4 Å². The maximum absolute atomic E-state index is 12.6. The number of hydrogen-bond donors (Lipinski definition) is 3. The average Bonchev–Trinajstić information content (AvgIpc) is 2.53. The van der Waals surface area contributed by atoms with Crippen molar-refractivity contribution in [1.82, 2.24) is 0 Å². The van der Waals surface area contributed by atoms with Crippen molar-refractivity contribution < 1.29 is 19.5 Å². The van der Waals surface area contributed by atoms with Crippen LogP contribution in [0.3, 0.4) is 0 Å². The third-order valence-corrected chi connectivity index (χ3v) is 4.32. The summed E-state index contributed by atoms with van der Waals surface area (Å²) in [5.41, 5.74) is 2.88. The number of aryl methyl sites for hydroxylation is 1. The number of amides is 2. The summed E-state index contributed by atoms with van der Waals surface area (Å²) in [4.78, 5) is 35.2. The molecule has 0 bridgehead atoms. The molecule has 2 atom stereocenters. The Morgan fingerprint density at radius 2 is 1.67 bits per heavy atom. The second kappa shape index (κ2) is 7.29. The third-order valence-electron chi connectivity index (χ3n) is 4.32. The van der Waals surface area contributed by atoms with E-state index in [9.17, 15) is 19.5 Å².